The van der Waals surface area contributed by atoms with Gasteiger partial charge in [-0.05, 0) is 44.6 Å². The third-order valence-corrected chi connectivity index (χ3v) is 7.01. The third kappa shape index (κ3) is 3.69. The quantitative estimate of drug-likeness (QED) is 0.598. The highest BCUT2D eigenvalue weighted by molar-refractivity contribution is 5.46. The van der Waals surface area contributed by atoms with Crippen molar-refractivity contribution in [2.24, 2.45) is 0 Å². The van der Waals surface area contributed by atoms with Crippen molar-refractivity contribution in [1.82, 2.24) is 24.4 Å². The fourth-order valence-corrected chi connectivity index (χ4v) is 5.40. The lowest BCUT2D eigenvalue weighted by molar-refractivity contribution is 0.165. The highest BCUT2D eigenvalue weighted by atomic mass is 16.5. The van der Waals surface area contributed by atoms with E-state index in [4.69, 9.17) is 14.8 Å². The number of rotatable bonds is 5. The lowest BCUT2D eigenvalue weighted by Gasteiger charge is -2.36. The SMILES string of the molecule is COc1ccc(CN2[C@@H]3CC[C@H]2c2cnc4cc(C(C)(C)C)nn4c2C3)cc1CN(C)C. The minimum absolute atomic E-state index is 0.0267. The fourth-order valence-electron chi connectivity index (χ4n) is 5.40. The van der Waals surface area contributed by atoms with Crippen LogP contribution in [-0.4, -0.2) is 51.6 Å². The van der Waals surface area contributed by atoms with Crippen molar-refractivity contribution in [1.29, 1.82) is 0 Å². The first kappa shape index (κ1) is 21.4. The van der Waals surface area contributed by atoms with Gasteiger partial charge in [0.2, 0.25) is 0 Å². The highest BCUT2D eigenvalue weighted by Crippen LogP contribution is 2.44. The van der Waals surface area contributed by atoms with Gasteiger partial charge in [-0.25, -0.2) is 9.50 Å². The molecule has 0 amide bonds. The van der Waals surface area contributed by atoms with Crippen LogP contribution in [0.4, 0.5) is 0 Å². The van der Waals surface area contributed by atoms with Crippen molar-refractivity contribution in [3.63, 3.8) is 0 Å². The summed E-state index contributed by atoms with van der Waals surface area (Å²) in [6.45, 7) is 8.48. The number of ether oxygens (including phenoxy) is 1. The molecule has 0 spiro atoms. The summed E-state index contributed by atoms with van der Waals surface area (Å²) in [6.07, 6.45) is 5.58. The van der Waals surface area contributed by atoms with Gasteiger partial charge >= 0.3 is 0 Å². The largest absolute Gasteiger partial charge is 0.496 e. The number of hydrogen-bond donors (Lipinski definition) is 0. The molecular formula is C26H35N5O. The molecule has 0 unspecified atom stereocenters. The number of methoxy groups -OCH3 is 1. The summed E-state index contributed by atoms with van der Waals surface area (Å²) in [4.78, 5) is 9.68. The maximum absolute atomic E-state index is 5.60. The van der Waals surface area contributed by atoms with Gasteiger partial charge in [0.1, 0.15) is 5.75 Å². The van der Waals surface area contributed by atoms with Crippen molar-refractivity contribution < 1.29 is 4.74 Å². The lowest BCUT2D eigenvalue weighted by Crippen LogP contribution is -2.38. The van der Waals surface area contributed by atoms with E-state index in [0.29, 0.717) is 12.1 Å². The predicted molar refractivity (Wildman–Crippen MR) is 127 cm³/mol. The van der Waals surface area contributed by atoms with Crippen molar-refractivity contribution in [3.05, 3.63) is 58.5 Å². The smallest absolute Gasteiger partial charge is 0.155 e. The van der Waals surface area contributed by atoms with E-state index in [2.05, 4.69) is 79.6 Å². The summed E-state index contributed by atoms with van der Waals surface area (Å²) < 4.78 is 7.73. The fraction of sp³-hybridized carbons (Fsp3) is 0.538. The summed E-state index contributed by atoms with van der Waals surface area (Å²) in [7, 11) is 5.95. The van der Waals surface area contributed by atoms with Crippen LogP contribution in [0.25, 0.3) is 5.65 Å². The van der Waals surface area contributed by atoms with E-state index >= 15 is 0 Å². The lowest BCUT2D eigenvalue weighted by atomic mass is 9.93. The van der Waals surface area contributed by atoms with E-state index in [1.54, 1.807) is 7.11 Å². The van der Waals surface area contributed by atoms with Crippen LogP contribution in [0.5, 0.6) is 5.75 Å². The molecule has 6 nitrogen and oxygen atoms in total. The van der Waals surface area contributed by atoms with Crippen LogP contribution < -0.4 is 4.74 Å². The summed E-state index contributed by atoms with van der Waals surface area (Å²) >= 11 is 0. The zero-order chi connectivity index (χ0) is 22.6. The average molecular weight is 434 g/mol. The molecule has 1 aromatic carbocycles. The molecule has 0 aliphatic carbocycles. The number of benzene rings is 1. The van der Waals surface area contributed by atoms with Gasteiger partial charge in [-0.1, -0.05) is 26.8 Å². The molecule has 0 radical (unpaired) electrons. The Labute approximate surface area is 191 Å². The zero-order valence-electron chi connectivity index (χ0n) is 20.2. The molecule has 6 heteroatoms. The number of fused-ring (bicyclic) bond motifs is 6. The molecule has 4 heterocycles. The van der Waals surface area contributed by atoms with Crippen LogP contribution in [0, 0.1) is 0 Å². The molecule has 2 atom stereocenters. The van der Waals surface area contributed by atoms with Gasteiger partial charge < -0.3 is 9.64 Å². The van der Waals surface area contributed by atoms with Crippen molar-refractivity contribution in [3.8, 4) is 5.75 Å². The standard InChI is InChI=1S/C26H35N5O/c1-26(2,3)24-13-25-27-14-20-21-9-8-19(12-22(20)31(25)28-24)30(21)15-17-7-10-23(32-6)18(11-17)16-29(4)5/h7,10-11,13-14,19,21H,8-9,12,15-16H2,1-6H3/t19-,21+/m1/s1. The Morgan fingerprint density at radius 1 is 1.16 bits per heavy atom. The van der Waals surface area contributed by atoms with Crippen molar-refractivity contribution >= 4 is 5.65 Å². The van der Waals surface area contributed by atoms with Crippen LogP contribution >= 0.6 is 0 Å². The second-order valence-corrected chi connectivity index (χ2v) is 10.7. The predicted octanol–water partition coefficient (Wildman–Crippen LogP) is 4.36. The molecule has 170 valence electrons. The molecule has 1 saturated heterocycles. The Kier molecular flexibility index (Phi) is 5.25. The van der Waals surface area contributed by atoms with Crippen LogP contribution in [0.2, 0.25) is 0 Å². The van der Waals surface area contributed by atoms with E-state index < -0.39 is 0 Å². The summed E-state index contributed by atoms with van der Waals surface area (Å²) in [5.74, 6) is 0.967. The second kappa shape index (κ2) is 7.85. The van der Waals surface area contributed by atoms with Gasteiger partial charge in [-0.3, -0.25) is 4.90 Å². The Morgan fingerprint density at radius 2 is 1.97 bits per heavy atom. The summed E-state index contributed by atoms with van der Waals surface area (Å²) in [5.41, 5.74) is 7.43. The molecule has 2 aliphatic heterocycles. The van der Waals surface area contributed by atoms with Gasteiger partial charge in [0.25, 0.3) is 0 Å². The van der Waals surface area contributed by atoms with Crippen molar-refractivity contribution in [2.45, 2.75) is 70.6 Å². The zero-order valence-corrected chi connectivity index (χ0v) is 20.2. The van der Waals surface area contributed by atoms with Gasteiger partial charge in [-0.2, -0.15) is 5.10 Å². The minimum atomic E-state index is 0.0267. The molecular weight excluding hydrogens is 398 g/mol. The van der Waals surface area contributed by atoms with Crippen LogP contribution in [0.15, 0.2) is 30.5 Å². The third-order valence-electron chi connectivity index (χ3n) is 7.01. The van der Waals surface area contributed by atoms with Gasteiger partial charge in [0, 0.05) is 60.4 Å². The Balaban J connectivity index is 1.46. The molecule has 0 N–H and O–H groups in total. The first-order valence-electron chi connectivity index (χ1n) is 11.7. The molecule has 0 saturated carbocycles. The highest BCUT2D eigenvalue weighted by Gasteiger charge is 2.41. The topological polar surface area (TPSA) is 45.9 Å². The Morgan fingerprint density at radius 3 is 2.69 bits per heavy atom. The molecule has 2 bridgehead atoms. The summed E-state index contributed by atoms with van der Waals surface area (Å²) in [6, 6.07) is 9.78. The average Bonchev–Trinajstić information content (AvgIpc) is 3.28. The van der Waals surface area contributed by atoms with E-state index in [1.807, 2.05) is 0 Å². The van der Waals surface area contributed by atoms with E-state index in [0.717, 1.165) is 36.6 Å². The van der Waals surface area contributed by atoms with Gasteiger partial charge in [0.15, 0.2) is 5.65 Å². The van der Waals surface area contributed by atoms with Crippen LogP contribution in [0.1, 0.15) is 67.7 Å². The van der Waals surface area contributed by atoms with Gasteiger partial charge in [0.05, 0.1) is 18.5 Å². The van der Waals surface area contributed by atoms with Crippen LogP contribution in [0.3, 0.4) is 0 Å². The maximum atomic E-state index is 5.60. The Bertz CT molecular complexity index is 1140. The molecule has 3 aromatic rings. The monoisotopic (exact) mass is 433 g/mol. The number of nitrogens with zero attached hydrogens (tertiary/aromatic N) is 5. The molecule has 5 rings (SSSR count). The van der Waals surface area contributed by atoms with E-state index in [1.165, 1.54) is 35.2 Å². The van der Waals surface area contributed by atoms with E-state index in [9.17, 15) is 0 Å². The molecule has 1 fully saturated rings. The normalized spacial score (nSPS) is 20.8. The minimum Gasteiger partial charge on any atom is -0.496 e. The first-order valence-corrected chi connectivity index (χ1v) is 11.7. The van der Waals surface area contributed by atoms with E-state index in [-0.39, 0.29) is 5.41 Å². The number of hydrogen-bond acceptors (Lipinski definition) is 5. The first-order chi connectivity index (χ1) is 15.2. The van der Waals surface area contributed by atoms with Gasteiger partial charge in [-0.15, -0.1) is 0 Å². The maximum Gasteiger partial charge on any atom is 0.155 e. The molecule has 2 aromatic heterocycles. The molecule has 32 heavy (non-hydrogen) atoms. The molecule has 2 aliphatic rings. The van der Waals surface area contributed by atoms with Crippen molar-refractivity contribution in [2.75, 3.05) is 21.2 Å². The number of aromatic nitrogens is 3. The Hall–Kier alpha value is -2.44. The second-order valence-electron chi connectivity index (χ2n) is 10.7. The van der Waals surface area contributed by atoms with Crippen LogP contribution in [-0.2, 0) is 24.9 Å². The summed E-state index contributed by atoms with van der Waals surface area (Å²) in [5, 5.41) is 4.98.